The number of nitrogens with one attached hydrogen (secondary N) is 1. The Kier molecular flexibility index (Phi) is 3.78. The van der Waals surface area contributed by atoms with Crippen LogP contribution in [0, 0.1) is 6.92 Å². The number of aromatic amines is 1. The van der Waals surface area contributed by atoms with Gasteiger partial charge in [0.15, 0.2) is 5.03 Å². The summed E-state index contributed by atoms with van der Waals surface area (Å²) in [5.74, 6) is 0.527. The summed E-state index contributed by atoms with van der Waals surface area (Å²) in [6.07, 6.45) is 1.28. The van der Waals surface area contributed by atoms with E-state index in [9.17, 15) is 8.42 Å². The van der Waals surface area contributed by atoms with Gasteiger partial charge in [-0.15, -0.1) is 0 Å². The number of aromatic nitrogens is 2. The van der Waals surface area contributed by atoms with Crippen LogP contribution in [0.4, 0.5) is 5.69 Å². The van der Waals surface area contributed by atoms with Crippen molar-refractivity contribution in [1.82, 2.24) is 9.97 Å². The number of anilines is 1. The van der Waals surface area contributed by atoms with Crippen molar-refractivity contribution in [3.63, 3.8) is 0 Å². The Labute approximate surface area is 122 Å². The van der Waals surface area contributed by atoms with Crippen LogP contribution in [0.25, 0.3) is 0 Å². The van der Waals surface area contributed by atoms with Crippen LogP contribution >= 0.6 is 12.2 Å². The van der Waals surface area contributed by atoms with E-state index in [-0.39, 0.29) is 10.0 Å². The van der Waals surface area contributed by atoms with E-state index in [2.05, 4.69) is 9.97 Å². The number of thiocarbonyl (C=S) groups is 1. The molecule has 0 amide bonds. The van der Waals surface area contributed by atoms with Crippen LogP contribution in [0.15, 0.2) is 35.5 Å². The van der Waals surface area contributed by atoms with E-state index in [1.165, 1.54) is 13.2 Å². The first-order valence-electron chi connectivity index (χ1n) is 5.73. The zero-order valence-corrected chi connectivity index (χ0v) is 12.6. The number of aryl methyl sites for hydroxylation is 1. The van der Waals surface area contributed by atoms with Gasteiger partial charge in [0, 0.05) is 12.6 Å². The molecule has 20 heavy (non-hydrogen) atoms. The molecule has 8 heteroatoms. The van der Waals surface area contributed by atoms with Crippen LogP contribution < -0.4 is 10.0 Å². The second-order valence-corrected chi connectivity index (χ2v) is 6.56. The van der Waals surface area contributed by atoms with Crippen LogP contribution in [-0.2, 0) is 10.0 Å². The quantitative estimate of drug-likeness (QED) is 0.827. The van der Waals surface area contributed by atoms with Gasteiger partial charge in [-0.3, -0.25) is 4.31 Å². The summed E-state index contributed by atoms with van der Waals surface area (Å²) in [5.41, 5.74) is 6.56. The second-order valence-electron chi connectivity index (χ2n) is 4.19. The Bertz CT molecular complexity index is 752. The SMILES string of the molecule is Cc1ncc(S(=O)(=O)N(C)c2ccccc2C(N)=S)[nH]1. The van der Waals surface area contributed by atoms with Crippen molar-refractivity contribution in [2.45, 2.75) is 11.9 Å². The maximum absolute atomic E-state index is 12.5. The minimum absolute atomic E-state index is 0.0234. The van der Waals surface area contributed by atoms with E-state index in [4.69, 9.17) is 18.0 Å². The number of sulfonamides is 1. The number of para-hydroxylation sites is 1. The molecule has 0 unspecified atom stereocenters. The molecule has 0 saturated heterocycles. The molecule has 0 fully saturated rings. The molecule has 0 radical (unpaired) electrons. The van der Waals surface area contributed by atoms with Crippen molar-refractivity contribution < 1.29 is 8.42 Å². The van der Waals surface area contributed by atoms with E-state index in [1.54, 1.807) is 31.2 Å². The zero-order valence-electron chi connectivity index (χ0n) is 11.0. The number of nitrogens with zero attached hydrogens (tertiary/aromatic N) is 2. The first kappa shape index (κ1) is 14.5. The summed E-state index contributed by atoms with van der Waals surface area (Å²) < 4.78 is 26.1. The average Bonchev–Trinajstić information content (AvgIpc) is 2.85. The first-order chi connectivity index (χ1) is 9.34. The van der Waals surface area contributed by atoms with Crippen molar-refractivity contribution in [2.24, 2.45) is 5.73 Å². The highest BCUT2D eigenvalue weighted by molar-refractivity contribution is 7.92. The minimum atomic E-state index is -3.73. The second kappa shape index (κ2) is 5.22. The van der Waals surface area contributed by atoms with Crippen molar-refractivity contribution in [3.8, 4) is 0 Å². The van der Waals surface area contributed by atoms with Crippen LogP contribution in [0.2, 0.25) is 0 Å². The van der Waals surface area contributed by atoms with Gasteiger partial charge in [-0.2, -0.15) is 8.42 Å². The minimum Gasteiger partial charge on any atom is -0.389 e. The maximum atomic E-state index is 12.5. The molecule has 1 heterocycles. The van der Waals surface area contributed by atoms with Gasteiger partial charge in [0.2, 0.25) is 0 Å². The standard InChI is InChI=1S/C12H14N4O2S2/c1-8-14-7-11(15-8)20(17,18)16(2)10-6-4-3-5-9(10)12(13)19/h3-7H,1-2H3,(H2,13,19)(H,14,15). The summed E-state index contributed by atoms with van der Waals surface area (Å²) in [5, 5.41) is 0.0234. The van der Waals surface area contributed by atoms with Gasteiger partial charge in [-0.25, -0.2) is 4.98 Å². The smallest absolute Gasteiger partial charge is 0.281 e. The zero-order chi connectivity index (χ0) is 14.9. The molecule has 1 aromatic heterocycles. The van der Waals surface area contributed by atoms with Crippen LogP contribution in [0.3, 0.4) is 0 Å². The number of imidazole rings is 1. The fourth-order valence-electron chi connectivity index (χ4n) is 1.76. The molecule has 0 aliphatic rings. The van der Waals surface area contributed by atoms with Gasteiger partial charge in [0.1, 0.15) is 10.8 Å². The van der Waals surface area contributed by atoms with Crippen molar-refractivity contribution in [2.75, 3.05) is 11.4 Å². The molecule has 2 aromatic rings. The van der Waals surface area contributed by atoms with Crippen LogP contribution in [0.1, 0.15) is 11.4 Å². The predicted molar refractivity (Wildman–Crippen MR) is 81.2 cm³/mol. The molecule has 0 saturated carbocycles. The Balaban J connectivity index is 2.51. The third kappa shape index (κ3) is 2.52. The van der Waals surface area contributed by atoms with E-state index >= 15 is 0 Å². The summed E-state index contributed by atoms with van der Waals surface area (Å²) >= 11 is 4.95. The predicted octanol–water partition coefficient (Wildman–Crippen LogP) is 1.18. The summed E-state index contributed by atoms with van der Waals surface area (Å²) in [7, 11) is -2.28. The average molecular weight is 310 g/mol. The highest BCUT2D eigenvalue weighted by Gasteiger charge is 2.25. The molecule has 0 spiro atoms. The molecule has 0 bridgehead atoms. The lowest BCUT2D eigenvalue weighted by atomic mass is 10.2. The molecule has 3 N–H and O–H groups in total. The normalized spacial score (nSPS) is 11.3. The molecule has 0 aliphatic heterocycles. The van der Waals surface area contributed by atoms with E-state index < -0.39 is 10.0 Å². The molecule has 106 valence electrons. The largest absolute Gasteiger partial charge is 0.389 e. The van der Waals surface area contributed by atoms with Gasteiger partial charge < -0.3 is 10.7 Å². The summed E-state index contributed by atoms with van der Waals surface area (Å²) in [6, 6.07) is 6.80. The van der Waals surface area contributed by atoms with Gasteiger partial charge in [0.05, 0.1) is 11.9 Å². The van der Waals surface area contributed by atoms with E-state index in [0.29, 0.717) is 17.1 Å². The van der Waals surface area contributed by atoms with Crippen LogP contribution in [0.5, 0.6) is 0 Å². The Morgan fingerprint density at radius 1 is 1.40 bits per heavy atom. The molecule has 2 rings (SSSR count). The van der Waals surface area contributed by atoms with Gasteiger partial charge >= 0.3 is 0 Å². The number of rotatable bonds is 4. The topological polar surface area (TPSA) is 92.1 Å². The number of benzene rings is 1. The number of nitrogens with two attached hydrogens (primary N) is 1. The molecule has 6 nitrogen and oxygen atoms in total. The summed E-state index contributed by atoms with van der Waals surface area (Å²) in [4.78, 5) is 6.76. The van der Waals surface area contributed by atoms with Gasteiger partial charge in [-0.1, -0.05) is 24.4 Å². The molecule has 0 atom stereocenters. The fourth-order valence-corrected chi connectivity index (χ4v) is 3.11. The lowest BCUT2D eigenvalue weighted by Crippen LogP contribution is -2.29. The Morgan fingerprint density at radius 3 is 2.60 bits per heavy atom. The van der Waals surface area contributed by atoms with Crippen molar-refractivity contribution >= 4 is 32.9 Å². The lowest BCUT2D eigenvalue weighted by molar-refractivity contribution is 0.591. The van der Waals surface area contributed by atoms with Crippen molar-refractivity contribution in [1.29, 1.82) is 0 Å². The van der Waals surface area contributed by atoms with Gasteiger partial charge in [0.25, 0.3) is 10.0 Å². The number of hydrogen-bond donors (Lipinski definition) is 2. The maximum Gasteiger partial charge on any atom is 0.281 e. The lowest BCUT2D eigenvalue weighted by Gasteiger charge is -2.21. The molecule has 1 aromatic carbocycles. The summed E-state index contributed by atoms with van der Waals surface area (Å²) in [6.45, 7) is 1.68. The fraction of sp³-hybridized carbons (Fsp3) is 0.167. The van der Waals surface area contributed by atoms with Crippen molar-refractivity contribution in [3.05, 3.63) is 41.9 Å². The molecular formula is C12H14N4O2S2. The third-order valence-electron chi connectivity index (χ3n) is 2.83. The molecular weight excluding hydrogens is 296 g/mol. The Morgan fingerprint density at radius 2 is 2.05 bits per heavy atom. The first-order valence-corrected chi connectivity index (χ1v) is 7.58. The van der Waals surface area contributed by atoms with Gasteiger partial charge in [-0.05, 0) is 19.1 Å². The van der Waals surface area contributed by atoms with E-state index in [0.717, 1.165) is 4.31 Å². The Hall–Kier alpha value is -1.93. The number of hydrogen-bond acceptors (Lipinski definition) is 4. The highest BCUT2D eigenvalue weighted by Crippen LogP contribution is 2.24. The highest BCUT2D eigenvalue weighted by atomic mass is 32.2. The third-order valence-corrected chi connectivity index (χ3v) is 4.73. The number of H-pyrrole nitrogens is 1. The van der Waals surface area contributed by atoms with Crippen LogP contribution in [-0.4, -0.2) is 30.4 Å². The molecule has 0 aliphatic carbocycles. The van der Waals surface area contributed by atoms with E-state index in [1.807, 2.05) is 0 Å². The monoisotopic (exact) mass is 310 g/mol.